The van der Waals surface area contributed by atoms with Crippen LogP contribution in [0.4, 0.5) is 0 Å². The summed E-state index contributed by atoms with van der Waals surface area (Å²) in [7, 11) is 0. The number of aliphatic hydroxyl groups excluding tert-OH is 1. The summed E-state index contributed by atoms with van der Waals surface area (Å²) >= 11 is 3.30. The van der Waals surface area contributed by atoms with Gasteiger partial charge in [0, 0.05) is 12.6 Å². The molecule has 1 aliphatic rings. The van der Waals surface area contributed by atoms with E-state index in [-0.39, 0.29) is 0 Å². The van der Waals surface area contributed by atoms with E-state index in [0.717, 1.165) is 29.9 Å². The Hall–Kier alpha value is -0.320. The van der Waals surface area contributed by atoms with Crippen molar-refractivity contribution < 1.29 is 9.52 Å². The lowest BCUT2D eigenvalue weighted by molar-refractivity contribution is 0.166. The van der Waals surface area contributed by atoms with Crippen LogP contribution in [-0.2, 0) is 6.54 Å². The Morgan fingerprint density at radius 2 is 2.40 bits per heavy atom. The van der Waals surface area contributed by atoms with Crippen molar-refractivity contribution in [2.24, 2.45) is 5.92 Å². The molecule has 2 heterocycles. The lowest BCUT2D eigenvalue weighted by Gasteiger charge is -2.22. The molecule has 0 saturated carbocycles. The first-order valence-electron chi connectivity index (χ1n) is 5.30. The number of hydrogen-bond donors (Lipinski definition) is 1. The average Bonchev–Trinajstić information content (AvgIpc) is 2.76. The largest absolute Gasteiger partial charge is 0.453 e. The molecule has 0 spiro atoms. The Morgan fingerprint density at radius 3 is 2.93 bits per heavy atom. The molecule has 1 N–H and O–H groups in total. The van der Waals surface area contributed by atoms with Gasteiger partial charge in [0.15, 0.2) is 4.67 Å². The van der Waals surface area contributed by atoms with E-state index in [0.29, 0.717) is 18.6 Å². The Balaban J connectivity index is 1.96. The van der Waals surface area contributed by atoms with Gasteiger partial charge in [-0.2, -0.15) is 0 Å². The highest BCUT2D eigenvalue weighted by Crippen LogP contribution is 2.26. The lowest BCUT2D eigenvalue weighted by atomic mass is 10.0. The van der Waals surface area contributed by atoms with E-state index in [1.807, 2.05) is 12.1 Å². The van der Waals surface area contributed by atoms with Crippen molar-refractivity contribution in [2.45, 2.75) is 25.9 Å². The molecule has 0 radical (unpaired) electrons. The summed E-state index contributed by atoms with van der Waals surface area (Å²) in [5, 5.41) is 9.17. The van der Waals surface area contributed by atoms with E-state index < -0.39 is 0 Å². The zero-order chi connectivity index (χ0) is 10.8. The van der Waals surface area contributed by atoms with E-state index in [1.165, 1.54) is 0 Å². The zero-order valence-electron chi connectivity index (χ0n) is 8.82. The molecule has 0 aliphatic carbocycles. The fourth-order valence-electron chi connectivity index (χ4n) is 2.18. The van der Waals surface area contributed by atoms with Crippen LogP contribution in [0, 0.1) is 5.92 Å². The van der Waals surface area contributed by atoms with Crippen LogP contribution in [0.15, 0.2) is 21.2 Å². The molecule has 3 nitrogen and oxygen atoms in total. The number of nitrogens with zero attached hydrogens (tertiary/aromatic N) is 1. The van der Waals surface area contributed by atoms with Gasteiger partial charge >= 0.3 is 0 Å². The highest BCUT2D eigenvalue weighted by Gasteiger charge is 2.30. The molecule has 1 aromatic rings. The standard InChI is InChI=1S/C11H16BrNO2/c1-8-9(7-14)4-5-13(8)6-10-2-3-11(12)15-10/h2-3,8-9,14H,4-7H2,1H3. The minimum absolute atomic E-state index is 0.291. The van der Waals surface area contributed by atoms with Crippen LogP contribution in [0.2, 0.25) is 0 Å². The molecule has 0 amide bonds. The van der Waals surface area contributed by atoms with Crippen LogP contribution >= 0.6 is 15.9 Å². The first-order chi connectivity index (χ1) is 7.20. The van der Waals surface area contributed by atoms with Crippen molar-refractivity contribution in [1.82, 2.24) is 4.90 Å². The number of furan rings is 1. The highest BCUT2D eigenvalue weighted by atomic mass is 79.9. The maximum Gasteiger partial charge on any atom is 0.169 e. The van der Waals surface area contributed by atoms with Crippen LogP contribution in [0.3, 0.4) is 0 Å². The molecule has 1 saturated heterocycles. The first kappa shape index (κ1) is 11.2. The highest BCUT2D eigenvalue weighted by molar-refractivity contribution is 9.10. The molecule has 1 aromatic heterocycles. The van der Waals surface area contributed by atoms with Crippen LogP contribution in [0.1, 0.15) is 19.1 Å². The van der Waals surface area contributed by atoms with Crippen LogP contribution < -0.4 is 0 Å². The summed E-state index contributed by atoms with van der Waals surface area (Å²) < 4.78 is 6.26. The summed E-state index contributed by atoms with van der Waals surface area (Å²) in [6.07, 6.45) is 1.08. The molecule has 0 bridgehead atoms. The maximum atomic E-state index is 9.17. The summed E-state index contributed by atoms with van der Waals surface area (Å²) in [4.78, 5) is 2.35. The zero-order valence-corrected chi connectivity index (χ0v) is 10.4. The Bertz CT molecular complexity index is 326. The number of likely N-dealkylation sites (tertiary alicyclic amines) is 1. The number of aliphatic hydroxyl groups is 1. The molecular weight excluding hydrogens is 258 g/mol. The molecule has 0 aromatic carbocycles. The van der Waals surface area contributed by atoms with Crippen molar-refractivity contribution in [2.75, 3.05) is 13.2 Å². The van der Waals surface area contributed by atoms with E-state index >= 15 is 0 Å². The summed E-state index contributed by atoms with van der Waals surface area (Å²) in [5.74, 6) is 1.40. The molecule has 2 atom stereocenters. The van der Waals surface area contributed by atoms with Crippen molar-refractivity contribution in [3.8, 4) is 0 Å². The molecular formula is C11H16BrNO2. The minimum atomic E-state index is 0.291. The lowest BCUT2D eigenvalue weighted by Crippen LogP contribution is -2.30. The van der Waals surface area contributed by atoms with Gasteiger partial charge in [0.25, 0.3) is 0 Å². The molecule has 1 fully saturated rings. The van der Waals surface area contributed by atoms with Gasteiger partial charge in [-0.25, -0.2) is 0 Å². The third-order valence-electron chi connectivity index (χ3n) is 3.27. The minimum Gasteiger partial charge on any atom is -0.453 e. The number of hydrogen-bond acceptors (Lipinski definition) is 3. The predicted molar refractivity (Wildman–Crippen MR) is 61.5 cm³/mol. The average molecular weight is 274 g/mol. The van der Waals surface area contributed by atoms with Crippen molar-refractivity contribution >= 4 is 15.9 Å². The van der Waals surface area contributed by atoms with Gasteiger partial charge in [0.1, 0.15) is 5.76 Å². The first-order valence-corrected chi connectivity index (χ1v) is 6.09. The second-order valence-electron chi connectivity index (χ2n) is 4.15. The Labute approximate surface area is 98.2 Å². The smallest absolute Gasteiger partial charge is 0.169 e. The fraction of sp³-hybridized carbons (Fsp3) is 0.636. The Morgan fingerprint density at radius 1 is 1.60 bits per heavy atom. The third kappa shape index (κ3) is 2.44. The second-order valence-corrected chi connectivity index (χ2v) is 4.93. The van der Waals surface area contributed by atoms with Crippen LogP contribution in [0.5, 0.6) is 0 Å². The van der Waals surface area contributed by atoms with Crippen LogP contribution in [-0.4, -0.2) is 29.2 Å². The Kier molecular flexibility index (Phi) is 3.49. The van der Waals surface area contributed by atoms with Crippen molar-refractivity contribution in [3.05, 3.63) is 22.6 Å². The van der Waals surface area contributed by atoms with E-state index in [4.69, 9.17) is 9.52 Å². The van der Waals surface area contributed by atoms with Crippen molar-refractivity contribution in [3.63, 3.8) is 0 Å². The number of halogens is 1. The van der Waals surface area contributed by atoms with Gasteiger partial charge in [-0.3, -0.25) is 4.90 Å². The molecule has 2 unspecified atom stereocenters. The topological polar surface area (TPSA) is 36.6 Å². The summed E-state index contributed by atoms with van der Waals surface area (Å²) in [6, 6.07) is 4.35. The molecule has 15 heavy (non-hydrogen) atoms. The van der Waals surface area contributed by atoms with Crippen LogP contribution in [0.25, 0.3) is 0 Å². The maximum absolute atomic E-state index is 9.17. The normalized spacial score (nSPS) is 27.4. The summed E-state index contributed by atoms with van der Waals surface area (Å²) in [5.41, 5.74) is 0. The van der Waals surface area contributed by atoms with Gasteiger partial charge in [0.05, 0.1) is 6.54 Å². The molecule has 4 heteroatoms. The fourth-order valence-corrected chi connectivity index (χ4v) is 2.52. The molecule has 2 rings (SSSR count). The number of rotatable bonds is 3. The van der Waals surface area contributed by atoms with Gasteiger partial charge in [-0.1, -0.05) is 0 Å². The third-order valence-corrected chi connectivity index (χ3v) is 3.69. The van der Waals surface area contributed by atoms with E-state index in [9.17, 15) is 0 Å². The van der Waals surface area contributed by atoms with Gasteiger partial charge in [-0.05, 0) is 53.9 Å². The van der Waals surface area contributed by atoms with E-state index in [2.05, 4.69) is 27.8 Å². The quantitative estimate of drug-likeness (QED) is 0.918. The summed E-state index contributed by atoms with van der Waals surface area (Å²) in [6.45, 7) is 4.35. The second kappa shape index (κ2) is 4.68. The van der Waals surface area contributed by atoms with Gasteiger partial charge in [-0.15, -0.1) is 0 Å². The predicted octanol–water partition coefficient (Wildman–Crippen LogP) is 2.24. The van der Waals surface area contributed by atoms with Gasteiger partial charge in [0.2, 0.25) is 0 Å². The molecule has 1 aliphatic heterocycles. The monoisotopic (exact) mass is 273 g/mol. The van der Waals surface area contributed by atoms with Gasteiger partial charge < -0.3 is 9.52 Å². The molecule has 84 valence electrons. The SMILES string of the molecule is CC1C(CO)CCN1Cc1ccc(Br)o1. The van der Waals surface area contributed by atoms with Crippen molar-refractivity contribution in [1.29, 1.82) is 0 Å². The van der Waals surface area contributed by atoms with E-state index in [1.54, 1.807) is 0 Å².